The Bertz CT molecular complexity index is 657. The Hall–Kier alpha value is -2.65. The fourth-order valence-electron chi connectivity index (χ4n) is 2.00. The van der Waals surface area contributed by atoms with Gasteiger partial charge in [-0.25, -0.2) is 4.79 Å². The molecule has 0 saturated heterocycles. The highest BCUT2D eigenvalue weighted by Crippen LogP contribution is 2.19. The smallest absolute Gasteiger partial charge is 0.336 e. The van der Waals surface area contributed by atoms with Crippen LogP contribution in [0.25, 0.3) is 11.1 Å². The molecule has 3 heteroatoms. The molecule has 0 aliphatic carbocycles. The van der Waals surface area contributed by atoms with Gasteiger partial charge in [0.05, 0.1) is 18.8 Å². The van der Waals surface area contributed by atoms with Crippen LogP contribution in [0.4, 0.5) is 0 Å². The summed E-state index contributed by atoms with van der Waals surface area (Å²) in [5.74, 6) is -0.443. The first-order valence-corrected chi connectivity index (χ1v) is 7.38. The molecular formula is C20H20O3. The van der Waals surface area contributed by atoms with Crippen molar-refractivity contribution in [3.8, 4) is 11.1 Å². The molecule has 0 saturated carbocycles. The molecule has 0 fully saturated rings. The monoisotopic (exact) mass is 308 g/mol. The van der Waals surface area contributed by atoms with E-state index in [9.17, 15) is 4.79 Å². The molecule has 0 spiro atoms. The van der Waals surface area contributed by atoms with Crippen molar-refractivity contribution >= 4 is 5.97 Å². The average molecular weight is 308 g/mol. The molecule has 0 atom stereocenters. The summed E-state index contributed by atoms with van der Waals surface area (Å²) in [6.07, 6.45) is 1.62. The second kappa shape index (κ2) is 8.71. The van der Waals surface area contributed by atoms with Gasteiger partial charge in [-0.15, -0.1) is 6.58 Å². The second-order valence-electron chi connectivity index (χ2n) is 5.05. The Morgan fingerprint density at radius 3 is 2.30 bits per heavy atom. The van der Waals surface area contributed by atoms with E-state index in [0.29, 0.717) is 12.2 Å². The maximum absolute atomic E-state index is 11.8. The fraction of sp³-hybridized carbons (Fsp3) is 0.150. The highest BCUT2D eigenvalue weighted by Gasteiger charge is 2.08. The molecule has 0 aliphatic heterocycles. The second-order valence-corrected chi connectivity index (χ2v) is 5.05. The minimum Gasteiger partial charge on any atom is -0.457 e. The zero-order valence-corrected chi connectivity index (χ0v) is 13.0. The van der Waals surface area contributed by atoms with Gasteiger partial charge in [0.15, 0.2) is 0 Å². The molecule has 118 valence electrons. The lowest BCUT2D eigenvalue weighted by atomic mass is 10.0. The number of carbonyl (C=O) groups is 1. The number of rotatable bonds is 8. The number of benzene rings is 2. The average Bonchev–Trinajstić information content (AvgIpc) is 2.61. The quantitative estimate of drug-likeness (QED) is 0.318. The summed E-state index contributed by atoms with van der Waals surface area (Å²) in [7, 11) is 0. The van der Waals surface area contributed by atoms with E-state index in [-0.39, 0.29) is 13.2 Å². The summed E-state index contributed by atoms with van der Waals surface area (Å²) in [5.41, 5.74) is 3.51. The molecule has 23 heavy (non-hydrogen) atoms. The summed E-state index contributed by atoms with van der Waals surface area (Å²) < 4.78 is 10.4. The molecule has 0 N–H and O–H groups in total. The van der Waals surface area contributed by atoms with E-state index in [0.717, 1.165) is 16.7 Å². The number of carbonyl (C=O) groups excluding carboxylic acids is 1. The van der Waals surface area contributed by atoms with Crippen LogP contribution in [-0.4, -0.2) is 19.2 Å². The van der Waals surface area contributed by atoms with Crippen LogP contribution < -0.4 is 0 Å². The van der Waals surface area contributed by atoms with Crippen LogP contribution in [0.1, 0.15) is 5.56 Å². The van der Waals surface area contributed by atoms with E-state index >= 15 is 0 Å². The van der Waals surface area contributed by atoms with Gasteiger partial charge in [-0.1, -0.05) is 67.3 Å². The molecule has 0 bridgehead atoms. The maximum Gasteiger partial charge on any atom is 0.336 e. The largest absolute Gasteiger partial charge is 0.457 e. The van der Waals surface area contributed by atoms with Crippen LogP contribution in [0.5, 0.6) is 0 Å². The first-order chi connectivity index (χ1) is 11.2. The first kappa shape index (κ1) is 16.7. The van der Waals surface area contributed by atoms with Gasteiger partial charge in [-0.05, 0) is 16.7 Å². The molecule has 3 nitrogen and oxygen atoms in total. The summed E-state index contributed by atoms with van der Waals surface area (Å²) in [4.78, 5) is 11.8. The first-order valence-electron chi connectivity index (χ1n) is 7.38. The Balaban J connectivity index is 1.85. The van der Waals surface area contributed by atoms with Crippen LogP contribution in [-0.2, 0) is 20.9 Å². The number of hydrogen-bond acceptors (Lipinski definition) is 3. The van der Waals surface area contributed by atoms with Gasteiger partial charge in [-0.3, -0.25) is 0 Å². The van der Waals surface area contributed by atoms with E-state index in [1.807, 2.05) is 42.5 Å². The summed E-state index contributed by atoms with van der Waals surface area (Å²) in [6, 6.07) is 18.0. The van der Waals surface area contributed by atoms with Crippen molar-refractivity contribution in [1.82, 2.24) is 0 Å². The Morgan fingerprint density at radius 1 is 1.00 bits per heavy atom. The number of esters is 1. The predicted molar refractivity (Wildman–Crippen MR) is 91.8 cm³/mol. The minimum absolute atomic E-state index is 0.151. The van der Waals surface area contributed by atoms with Gasteiger partial charge in [0, 0.05) is 0 Å². The van der Waals surface area contributed by atoms with Gasteiger partial charge in [-0.2, -0.15) is 0 Å². The zero-order chi connectivity index (χ0) is 16.5. The highest BCUT2D eigenvalue weighted by molar-refractivity contribution is 5.87. The summed E-state index contributed by atoms with van der Waals surface area (Å²) in [5, 5.41) is 0. The Labute approximate surface area is 136 Å². The van der Waals surface area contributed by atoms with E-state index in [4.69, 9.17) is 9.47 Å². The van der Waals surface area contributed by atoms with Crippen LogP contribution in [0.3, 0.4) is 0 Å². The Kier molecular flexibility index (Phi) is 6.33. The third-order valence-corrected chi connectivity index (χ3v) is 3.23. The minimum atomic E-state index is -0.443. The lowest BCUT2D eigenvalue weighted by Gasteiger charge is -2.08. The molecule has 0 radical (unpaired) electrons. The van der Waals surface area contributed by atoms with Gasteiger partial charge in [0.25, 0.3) is 0 Å². The predicted octanol–water partition coefficient (Wildman–Crippen LogP) is 4.16. The van der Waals surface area contributed by atoms with Crippen molar-refractivity contribution in [3.63, 3.8) is 0 Å². The molecule has 2 rings (SSSR count). The van der Waals surface area contributed by atoms with E-state index in [1.54, 1.807) is 6.08 Å². The zero-order valence-electron chi connectivity index (χ0n) is 13.0. The van der Waals surface area contributed by atoms with E-state index in [2.05, 4.69) is 25.3 Å². The molecule has 0 aromatic heterocycles. The van der Waals surface area contributed by atoms with Gasteiger partial charge in [0.1, 0.15) is 6.61 Å². The van der Waals surface area contributed by atoms with Crippen LogP contribution in [0.2, 0.25) is 0 Å². The van der Waals surface area contributed by atoms with Crippen molar-refractivity contribution in [2.75, 3.05) is 13.2 Å². The molecular weight excluding hydrogens is 288 g/mol. The van der Waals surface area contributed by atoms with Gasteiger partial charge in [0.2, 0.25) is 0 Å². The van der Waals surface area contributed by atoms with Crippen LogP contribution in [0, 0.1) is 0 Å². The normalized spacial score (nSPS) is 10.1. The third-order valence-electron chi connectivity index (χ3n) is 3.23. The number of hydrogen-bond donors (Lipinski definition) is 0. The summed E-state index contributed by atoms with van der Waals surface area (Å²) >= 11 is 0. The van der Waals surface area contributed by atoms with Crippen molar-refractivity contribution in [2.24, 2.45) is 0 Å². The van der Waals surface area contributed by atoms with Crippen molar-refractivity contribution < 1.29 is 14.3 Å². The molecule has 0 unspecified atom stereocenters. The third kappa shape index (κ3) is 5.24. The van der Waals surface area contributed by atoms with E-state index < -0.39 is 5.97 Å². The maximum atomic E-state index is 11.8. The molecule has 2 aromatic rings. The molecule has 0 amide bonds. The topological polar surface area (TPSA) is 35.5 Å². The standard InChI is InChI=1S/C20H20O3/c1-3-13-22-14-16(2)20(21)23-15-17-9-11-19(12-10-17)18-7-5-4-6-8-18/h3-12H,1-2,13-15H2. The van der Waals surface area contributed by atoms with Crippen LogP contribution >= 0.6 is 0 Å². The SMILES string of the molecule is C=CCOCC(=C)C(=O)OCc1ccc(-c2ccccc2)cc1. The number of ether oxygens (including phenoxy) is 2. The van der Waals surface area contributed by atoms with Crippen molar-refractivity contribution in [3.05, 3.63) is 85.0 Å². The molecule has 2 aromatic carbocycles. The lowest BCUT2D eigenvalue weighted by molar-refractivity contribution is -0.140. The fourth-order valence-corrected chi connectivity index (χ4v) is 2.00. The Morgan fingerprint density at radius 2 is 1.65 bits per heavy atom. The van der Waals surface area contributed by atoms with Crippen LogP contribution in [0.15, 0.2) is 79.4 Å². The summed E-state index contributed by atoms with van der Waals surface area (Å²) in [6.45, 7) is 7.94. The molecule has 0 heterocycles. The highest BCUT2D eigenvalue weighted by atomic mass is 16.5. The molecule has 0 aliphatic rings. The van der Waals surface area contributed by atoms with E-state index in [1.165, 1.54) is 0 Å². The van der Waals surface area contributed by atoms with Crippen molar-refractivity contribution in [1.29, 1.82) is 0 Å². The van der Waals surface area contributed by atoms with Gasteiger partial charge < -0.3 is 9.47 Å². The van der Waals surface area contributed by atoms with Gasteiger partial charge >= 0.3 is 5.97 Å². The van der Waals surface area contributed by atoms with Crippen molar-refractivity contribution in [2.45, 2.75) is 6.61 Å². The lowest BCUT2D eigenvalue weighted by Crippen LogP contribution is -2.12.